The lowest BCUT2D eigenvalue weighted by atomic mass is 9.66. The second kappa shape index (κ2) is 14.4. The molecule has 62 heavy (non-hydrogen) atoms. The Balaban J connectivity index is 1.000. The molecule has 0 saturated heterocycles. The van der Waals surface area contributed by atoms with Crippen LogP contribution in [-0.2, 0) is 5.41 Å². The molecule has 1 aliphatic heterocycles. The molecule has 10 aromatic rings. The van der Waals surface area contributed by atoms with Crippen LogP contribution in [0.3, 0.4) is 0 Å². The van der Waals surface area contributed by atoms with Gasteiger partial charge in [-0.3, -0.25) is 0 Å². The lowest BCUT2D eigenvalue weighted by molar-refractivity contribution is 0.723. The monoisotopic (exact) mass is 806 g/mol. The van der Waals surface area contributed by atoms with Crippen LogP contribution in [0.25, 0.3) is 78.3 Å². The van der Waals surface area contributed by atoms with Crippen LogP contribution in [0.1, 0.15) is 27.8 Å². The third-order valence-corrected chi connectivity index (χ3v) is 13.6. The predicted molar refractivity (Wildman–Crippen MR) is 251 cm³/mol. The van der Waals surface area contributed by atoms with E-state index in [1.54, 1.807) is 0 Å². The van der Waals surface area contributed by atoms with Crippen molar-refractivity contribution in [3.8, 4) is 73.6 Å². The maximum absolute atomic E-state index is 9.51. The average Bonchev–Trinajstić information content (AvgIpc) is 3.64. The fraction of sp³-hybridized carbons (Fsp3) is 0.0175. The highest BCUT2D eigenvalue weighted by Crippen LogP contribution is 2.62. The highest BCUT2D eigenvalue weighted by molar-refractivity contribution is 7.99. The van der Waals surface area contributed by atoms with E-state index in [-0.39, 0.29) is 0 Å². The quantitative estimate of drug-likeness (QED) is 0.173. The number of fused-ring (bicyclic) bond motifs is 10. The molecule has 0 atom stereocenters. The smallest absolute Gasteiger partial charge is 0.164 e. The van der Waals surface area contributed by atoms with Crippen molar-refractivity contribution in [3.63, 3.8) is 0 Å². The summed E-state index contributed by atoms with van der Waals surface area (Å²) < 4.78 is 0. The summed E-state index contributed by atoms with van der Waals surface area (Å²) in [7, 11) is 0. The topological polar surface area (TPSA) is 62.5 Å². The largest absolute Gasteiger partial charge is 0.208 e. The Bertz CT molecular complexity index is 3340. The molecule has 0 unspecified atom stereocenters. The summed E-state index contributed by atoms with van der Waals surface area (Å²) in [5.74, 6) is 1.92. The number of hydrogen-bond acceptors (Lipinski definition) is 5. The zero-order valence-corrected chi connectivity index (χ0v) is 34.1. The Morgan fingerprint density at radius 1 is 0.355 bits per heavy atom. The molecule has 2 aliphatic rings. The first-order chi connectivity index (χ1) is 30.6. The minimum Gasteiger partial charge on any atom is -0.208 e. The van der Waals surface area contributed by atoms with E-state index in [0.717, 1.165) is 49.7 Å². The molecule has 0 bridgehead atoms. The first-order valence-electron chi connectivity index (χ1n) is 20.7. The van der Waals surface area contributed by atoms with Crippen LogP contribution in [0.2, 0.25) is 0 Å². The van der Waals surface area contributed by atoms with Crippen molar-refractivity contribution in [2.24, 2.45) is 0 Å². The molecule has 0 fully saturated rings. The molecule has 0 N–H and O–H groups in total. The van der Waals surface area contributed by atoms with E-state index in [9.17, 15) is 5.26 Å². The van der Waals surface area contributed by atoms with Crippen molar-refractivity contribution < 1.29 is 0 Å². The summed E-state index contributed by atoms with van der Waals surface area (Å²) in [5.41, 5.74) is 15.2. The zero-order valence-electron chi connectivity index (χ0n) is 33.3. The van der Waals surface area contributed by atoms with Crippen LogP contribution in [-0.4, -0.2) is 15.0 Å². The fourth-order valence-corrected chi connectivity index (χ4v) is 10.7. The molecule has 2 heterocycles. The lowest BCUT2D eigenvalue weighted by Gasteiger charge is -2.40. The third kappa shape index (κ3) is 5.73. The predicted octanol–water partition coefficient (Wildman–Crippen LogP) is 14.1. The van der Waals surface area contributed by atoms with Gasteiger partial charge in [-0.25, -0.2) is 15.0 Å². The lowest BCUT2D eigenvalue weighted by Crippen LogP contribution is -2.32. The zero-order chi connectivity index (χ0) is 41.2. The maximum Gasteiger partial charge on any atom is 0.164 e. The Hall–Kier alpha value is -7.91. The third-order valence-electron chi connectivity index (χ3n) is 12.4. The second-order valence-corrected chi connectivity index (χ2v) is 17.0. The fourth-order valence-electron chi connectivity index (χ4n) is 9.51. The molecular weight excluding hydrogens is 773 g/mol. The summed E-state index contributed by atoms with van der Waals surface area (Å²) >= 11 is 1.85. The number of benzene rings is 9. The van der Waals surface area contributed by atoms with Gasteiger partial charge in [0.2, 0.25) is 0 Å². The van der Waals surface area contributed by atoms with Gasteiger partial charge in [-0.1, -0.05) is 176 Å². The van der Waals surface area contributed by atoms with Gasteiger partial charge in [-0.2, -0.15) is 5.26 Å². The van der Waals surface area contributed by atoms with Crippen LogP contribution >= 0.6 is 11.8 Å². The molecule has 0 saturated carbocycles. The van der Waals surface area contributed by atoms with E-state index >= 15 is 0 Å². The van der Waals surface area contributed by atoms with Crippen LogP contribution in [0.15, 0.2) is 216 Å². The molecule has 5 heteroatoms. The molecule has 1 aliphatic carbocycles. The number of aromatic nitrogens is 3. The molecular formula is C57H34N4S. The minimum atomic E-state index is -0.542. The van der Waals surface area contributed by atoms with Crippen molar-refractivity contribution in [1.29, 1.82) is 5.26 Å². The maximum atomic E-state index is 9.51. The molecule has 0 radical (unpaired) electrons. The van der Waals surface area contributed by atoms with Crippen LogP contribution in [0.4, 0.5) is 0 Å². The molecule has 288 valence electrons. The number of nitrogens with zero attached hydrogens (tertiary/aromatic N) is 4. The van der Waals surface area contributed by atoms with Gasteiger partial charge in [-0.05, 0) is 109 Å². The van der Waals surface area contributed by atoms with E-state index in [4.69, 9.17) is 15.0 Å². The number of hydrogen-bond donors (Lipinski definition) is 0. The Morgan fingerprint density at radius 3 is 1.34 bits per heavy atom. The average molecular weight is 807 g/mol. The van der Waals surface area contributed by atoms with Crippen LogP contribution < -0.4 is 0 Å². The highest BCUT2D eigenvalue weighted by atomic mass is 32.2. The Morgan fingerprint density at radius 2 is 0.774 bits per heavy atom. The normalized spacial score (nSPS) is 12.9. The van der Waals surface area contributed by atoms with Crippen molar-refractivity contribution >= 4 is 22.5 Å². The molecule has 4 nitrogen and oxygen atoms in total. The van der Waals surface area contributed by atoms with Gasteiger partial charge in [-0.15, -0.1) is 0 Å². The molecule has 1 aromatic heterocycles. The number of rotatable bonds is 5. The Kier molecular flexibility index (Phi) is 8.35. The van der Waals surface area contributed by atoms with E-state index < -0.39 is 5.41 Å². The van der Waals surface area contributed by atoms with Gasteiger partial charge in [0.05, 0.1) is 17.0 Å². The van der Waals surface area contributed by atoms with Gasteiger partial charge in [0.25, 0.3) is 0 Å². The Labute approximate surface area is 363 Å². The highest BCUT2D eigenvalue weighted by Gasteiger charge is 2.50. The van der Waals surface area contributed by atoms with Crippen molar-refractivity contribution in [2.45, 2.75) is 15.2 Å². The molecule has 0 amide bonds. The van der Waals surface area contributed by atoms with Crippen molar-refractivity contribution in [1.82, 2.24) is 15.0 Å². The van der Waals surface area contributed by atoms with Gasteiger partial charge in [0.1, 0.15) is 0 Å². The summed E-state index contributed by atoms with van der Waals surface area (Å²) in [5, 5.41) is 11.7. The number of nitriles is 1. The first kappa shape index (κ1) is 36.0. The van der Waals surface area contributed by atoms with Crippen LogP contribution in [0.5, 0.6) is 0 Å². The summed E-state index contributed by atoms with van der Waals surface area (Å²) in [6.45, 7) is 0. The van der Waals surface area contributed by atoms with Gasteiger partial charge >= 0.3 is 0 Å². The van der Waals surface area contributed by atoms with Crippen molar-refractivity contribution in [2.75, 3.05) is 0 Å². The van der Waals surface area contributed by atoms with Crippen LogP contribution in [0, 0.1) is 11.3 Å². The van der Waals surface area contributed by atoms with E-state index in [1.165, 1.54) is 43.2 Å². The first-order valence-corrected chi connectivity index (χ1v) is 21.5. The minimum absolute atomic E-state index is 0.542. The summed E-state index contributed by atoms with van der Waals surface area (Å²) in [6.07, 6.45) is 0. The summed E-state index contributed by atoms with van der Waals surface area (Å²) in [4.78, 5) is 17.4. The SMILES string of the molecule is N#Cc1ccc2cc(-c3ccc4c(c3)C3(c5cc(-c6ccc(-c7nc(-c8ccccc8)nc(-c8ccccc8)n7)cc6)ccc5S4)c4ccccc4-c4ccccc43)ccc2c1. The molecule has 9 aromatic carbocycles. The van der Waals surface area contributed by atoms with Crippen molar-refractivity contribution in [3.05, 3.63) is 234 Å². The van der Waals surface area contributed by atoms with Gasteiger partial charge in [0.15, 0.2) is 17.5 Å². The van der Waals surface area contributed by atoms with E-state index in [1.807, 2.05) is 84.6 Å². The summed E-state index contributed by atoms with van der Waals surface area (Å²) in [6, 6.07) is 75.5. The molecule has 12 rings (SSSR count). The van der Waals surface area contributed by atoms with Gasteiger partial charge < -0.3 is 0 Å². The van der Waals surface area contributed by atoms with E-state index in [0.29, 0.717) is 23.0 Å². The van der Waals surface area contributed by atoms with E-state index in [2.05, 4.69) is 140 Å². The standard InChI is InChI=1S/C57H34N4S/c58-35-36-19-20-42-32-43(26-25-41(42)31-36)45-28-30-53-51(34-45)57(48-17-9-7-15-46(48)47-16-8-10-18-49(47)57)50-33-44(27-29-52(50)62-53)37-21-23-40(24-22-37)56-60-54(38-11-3-1-4-12-38)59-55(61-56)39-13-5-2-6-14-39/h1-34H. The second-order valence-electron chi connectivity index (χ2n) is 15.9. The van der Waals surface area contributed by atoms with Gasteiger partial charge in [0, 0.05) is 26.5 Å². The molecule has 1 spiro atoms.